The van der Waals surface area contributed by atoms with Gasteiger partial charge in [-0.3, -0.25) is 0 Å². The molecule has 0 saturated carbocycles. The summed E-state index contributed by atoms with van der Waals surface area (Å²) in [6.45, 7) is 7.15. The Hall–Kier alpha value is -2.20. The van der Waals surface area contributed by atoms with E-state index in [2.05, 4.69) is 32.9 Å². The molecule has 0 aromatic heterocycles. The lowest BCUT2D eigenvalue weighted by molar-refractivity contribution is 0.0691. The Kier molecular flexibility index (Phi) is 6.32. The van der Waals surface area contributed by atoms with Crippen molar-refractivity contribution in [2.75, 3.05) is 13.2 Å². The van der Waals surface area contributed by atoms with E-state index in [0.717, 1.165) is 12.2 Å². The number of aromatic carboxylic acids is 1. The van der Waals surface area contributed by atoms with Crippen molar-refractivity contribution in [2.45, 2.75) is 32.6 Å². The second-order valence-electron chi connectivity index (χ2n) is 6.40. The molecular weight excluding hydrogens is 340 g/mol. The summed E-state index contributed by atoms with van der Waals surface area (Å²) < 4.78 is 11.2. The average Bonchev–Trinajstić information content (AvgIpc) is 2.60. The Morgan fingerprint density at radius 2 is 1.72 bits per heavy atom. The summed E-state index contributed by atoms with van der Waals surface area (Å²) in [4.78, 5) is 11.2. The van der Waals surface area contributed by atoms with Crippen molar-refractivity contribution in [3.63, 3.8) is 0 Å². The number of ether oxygens (including phenoxy) is 2. The molecule has 4 nitrogen and oxygen atoms in total. The molecular formula is C20H23ClO4. The standard InChI is InChI=1S/C20H23ClO4/c1-4-20(2,3)14-5-8-16(9-6-14)24-11-12-25-18-10-7-15(21)13-17(18)19(22)23/h5-10,13H,4,11-12H2,1-3H3,(H,22,23). The molecule has 2 aromatic carbocycles. The van der Waals surface area contributed by atoms with Gasteiger partial charge in [0.1, 0.15) is 30.3 Å². The first-order valence-electron chi connectivity index (χ1n) is 8.22. The van der Waals surface area contributed by atoms with Crippen LogP contribution in [0, 0.1) is 0 Å². The monoisotopic (exact) mass is 362 g/mol. The van der Waals surface area contributed by atoms with Crippen molar-refractivity contribution in [3.8, 4) is 11.5 Å². The molecule has 2 aromatic rings. The number of benzene rings is 2. The molecule has 5 heteroatoms. The molecule has 0 saturated heterocycles. The van der Waals surface area contributed by atoms with Crippen molar-refractivity contribution in [3.05, 3.63) is 58.6 Å². The van der Waals surface area contributed by atoms with Crippen molar-refractivity contribution in [2.24, 2.45) is 0 Å². The number of carbonyl (C=O) groups is 1. The molecule has 0 spiro atoms. The molecule has 0 radical (unpaired) electrons. The van der Waals surface area contributed by atoms with E-state index < -0.39 is 5.97 Å². The minimum atomic E-state index is -1.08. The molecule has 0 amide bonds. The van der Waals surface area contributed by atoms with Crippen LogP contribution >= 0.6 is 11.6 Å². The lowest BCUT2D eigenvalue weighted by atomic mass is 9.82. The van der Waals surface area contributed by atoms with Gasteiger partial charge >= 0.3 is 5.97 Å². The topological polar surface area (TPSA) is 55.8 Å². The highest BCUT2D eigenvalue weighted by Gasteiger charge is 2.17. The van der Waals surface area contributed by atoms with Gasteiger partial charge in [-0.05, 0) is 47.7 Å². The average molecular weight is 363 g/mol. The predicted octanol–water partition coefficient (Wildman–Crippen LogP) is 5.18. The van der Waals surface area contributed by atoms with E-state index in [9.17, 15) is 4.79 Å². The van der Waals surface area contributed by atoms with Crippen LogP contribution in [0.1, 0.15) is 43.1 Å². The maximum atomic E-state index is 11.2. The van der Waals surface area contributed by atoms with Gasteiger partial charge in [0.25, 0.3) is 0 Å². The molecule has 0 bridgehead atoms. The first kappa shape index (κ1) is 19.1. The van der Waals surface area contributed by atoms with Crippen LogP contribution in [0.5, 0.6) is 11.5 Å². The van der Waals surface area contributed by atoms with Gasteiger partial charge in [-0.1, -0.05) is 44.5 Å². The molecule has 0 aliphatic carbocycles. The van der Waals surface area contributed by atoms with E-state index >= 15 is 0 Å². The van der Waals surface area contributed by atoms with Crippen LogP contribution in [0.25, 0.3) is 0 Å². The second kappa shape index (κ2) is 8.26. The largest absolute Gasteiger partial charge is 0.490 e. The summed E-state index contributed by atoms with van der Waals surface area (Å²) in [6.07, 6.45) is 1.06. The number of carboxylic acid groups (broad SMARTS) is 1. The van der Waals surface area contributed by atoms with E-state index in [1.54, 1.807) is 12.1 Å². The van der Waals surface area contributed by atoms with E-state index in [4.69, 9.17) is 26.2 Å². The summed E-state index contributed by atoms with van der Waals surface area (Å²) in [5.74, 6) is -0.0399. The number of hydrogen-bond acceptors (Lipinski definition) is 3. The van der Waals surface area contributed by atoms with E-state index in [0.29, 0.717) is 11.6 Å². The molecule has 2 rings (SSSR count). The van der Waals surface area contributed by atoms with Crippen LogP contribution in [0.2, 0.25) is 5.02 Å². The smallest absolute Gasteiger partial charge is 0.339 e. The molecule has 0 aliphatic rings. The molecule has 25 heavy (non-hydrogen) atoms. The maximum absolute atomic E-state index is 11.2. The van der Waals surface area contributed by atoms with Gasteiger partial charge < -0.3 is 14.6 Å². The van der Waals surface area contributed by atoms with Gasteiger partial charge in [-0.2, -0.15) is 0 Å². The first-order chi connectivity index (χ1) is 11.8. The summed E-state index contributed by atoms with van der Waals surface area (Å²) in [6, 6.07) is 12.5. The van der Waals surface area contributed by atoms with Gasteiger partial charge in [-0.25, -0.2) is 4.79 Å². The Morgan fingerprint density at radius 1 is 1.08 bits per heavy atom. The molecule has 0 fully saturated rings. The quantitative estimate of drug-likeness (QED) is 0.657. The summed E-state index contributed by atoms with van der Waals surface area (Å²) in [5.41, 5.74) is 1.45. The van der Waals surface area contributed by atoms with Gasteiger partial charge in [-0.15, -0.1) is 0 Å². The lowest BCUT2D eigenvalue weighted by Gasteiger charge is -2.23. The Bertz CT molecular complexity index is 723. The Labute approximate surface area is 153 Å². The number of hydrogen-bond donors (Lipinski definition) is 1. The molecule has 134 valence electrons. The zero-order valence-corrected chi connectivity index (χ0v) is 15.5. The Morgan fingerprint density at radius 3 is 2.32 bits per heavy atom. The van der Waals surface area contributed by atoms with Crippen molar-refractivity contribution >= 4 is 17.6 Å². The predicted molar refractivity (Wildman–Crippen MR) is 99.2 cm³/mol. The second-order valence-corrected chi connectivity index (χ2v) is 6.84. The van der Waals surface area contributed by atoms with E-state index in [1.165, 1.54) is 11.6 Å². The van der Waals surface area contributed by atoms with Crippen molar-refractivity contribution in [1.82, 2.24) is 0 Å². The zero-order chi connectivity index (χ0) is 18.4. The number of carboxylic acids is 1. The third-order valence-electron chi connectivity index (χ3n) is 4.30. The third kappa shape index (κ3) is 5.13. The fraction of sp³-hybridized carbons (Fsp3) is 0.350. The number of halogens is 1. The number of rotatable bonds is 8. The highest BCUT2D eigenvalue weighted by Crippen LogP contribution is 2.28. The minimum absolute atomic E-state index is 0.0404. The molecule has 0 unspecified atom stereocenters. The van der Waals surface area contributed by atoms with Crippen LogP contribution in [-0.4, -0.2) is 24.3 Å². The van der Waals surface area contributed by atoms with E-state index in [-0.39, 0.29) is 23.3 Å². The molecule has 1 N–H and O–H groups in total. The lowest BCUT2D eigenvalue weighted by Crippen LogP contribution is -2.15. The van der Waals surface area contributed by atoms with Gasteiger partial charge in [0.15, 0.2) is 0 Å². The molecule has 0 atom stereocenters. The fourth-order valence-electron chi connectivity index (χ4n) is 2.31. The van der Waals surface area contributed by atoms with Crippen LogP contribution in [0.15, 0.2) is 42.5 Å². The summed E-state index contributed by atoms with van der Waals surface area (Å²) in [5, 5.41) is 9.52. The van der Waals surface area contributed by atoms with E-state index in [1.807, 2.05) is 12.1 Å². The maximum Gasteiger partial charge on any atom is 0.339 e. The third-order valence-corrected chi connectivity index (χ3v) is 4.54. The normalized spacial score (nSPS) is 11.2. The molecule has 0 aliphatic heterocycles. The van der Waals surface area contributed by atoms with Gasteiger partial charge in [0.2, 0.25) is 0 Å². The van der Waals surface area contributed by atoms with Gasteiger partial charge in [0, 0.05) is 5.02 Å². The van der Waals surface area contributed by atoms with Crippen LogP contribution in [0.3, 0.4) is 0 Å². The Balaban J connectivity index is 1.89. The minimum Gasteiger partial charge on any atom is -0.490 e. The highest BCUT2D eigenvalue weighted by molar-refractivity contribution is 6.31. The fourth-order valence-corrected chi connectivity index (χ4v) is 2.48. The first-order valence-corrected chi connectivity index (χ1v) is 8.60. The molecule has 0 heterocycles. The summed E-state index contributed by atoms with van der Waals surface area (Å²) >= 11 is 5.81. The SMILES string of the molecule is CCC(C)(C)c1ccc(OCCOc2ccc(Cl)cc2C(=O)O)cc1. The summed E-state index contributed by atoms with van der Waals surface area (Å²) in [7, 11) is 0. The van der Waals surface area contributed by atoms with Crippen molar-refractivity contribution in [1.29, 1.82) is 0 Å². The van der Waals surface area contributed by atoms with Crippen LogP contribution in [0.4, 0.5) is 0 Å². The van der Waals surface area contributed by atoms with Crippen molar-refractivity contribution < 1.29 is 19.4 Å². The highest BCUT2D eigenvalue weighted by atomic mass is 35.5. The van der Waals surface area contributed by atoms with Crippen LogP contribution in [-0.2, 0) is 5.41 Å². The van der Waals surface area contributed by atoms with Gasteiger partial charge in [0.05, 0.1) is 0 Å². The van der Waals surface area contributed by atoms with Crippen LogP contribution < -0.4 is 9.47 Å². The zero-order valence-electron chi connectivity index (χ0n) is 14.7.